The molecule has 5 rings (SSSR count). The Bertz CT molecular complexity index is 1180. The molecule has 0 fully saturated rings. The van der Waals surface area contributed by atoms with Gasteiger partial charge in [0.15, 0.2) is 0 Å². The van der Waals surface area contributed by atoms with E-state index in [0.717, 1.165) is 28.4 Å². The molecule has 30 heavy (non-hydrogen) atoms. The van der Waals surface area contributed by atoms with Crippen LogP contribution in [0.5, 0.6) is 0 Å². The molecule has 4 aromatic rings. The van der Waals surface area contributed by atoms with Crippen molar-refractivity contribution in [3.63, 3.8) is 0 Å². The van der Waals surface area contributed by atoms with E-state index >= 15 is 0 Å². The van der Waals surface area contributed by atoms with Crippen LogP contribution < -0.4 is 4.90 Å². The summed E-state index contributed by atoms with van der Waals surface area (Å²) < 4.78 is 1.82. The molecule has 0 atom stereocenters. The summed E-state index contributed by atoms with van der Waals surface area (Å²) in [6.07, 6.45) is 3.73. The smallest absolute Gasteiger partial charge is 0.273 e. The number of likely N-dealkylation sites (N-methyl/N-ethyl adjacent to an activating group) is 1. The molecule has 0 saturated heterocycles. The summed E-state index contributed by atoms with van der Waals surface area (Å²) in [5, 5.41) is 7.08. The quantitative estimate of drug-likeness (QED) is 0.506. The summed E-state index contributed by atoms with van der Waals surface area (Å²) in [4.78, 5) is 21.9. The molecule has 0 aliphatic carbocycles. The summed E-state index contributed by atoms with van der Waals surface area (Å²) in [6, 6.07) is 18.2. The summed E-state index contributed by atoms with van der Waals surface area (Å²) >= 11 is 1.47. The minimum absolute atomic E-state index is 0.0296. The molecule has 1 aliphatic rings. The van der Waals surface area contributed by atoms with E-state index in [1.165, 1.54) is 17.0 Å². The third-order valence-electron chi connectivity index (χ3n) is 5.33. The Morgan fingerprint density at radius 1 is 1.03 bits per heavy atom. The Balaban J connectivity index is 1.37. The number of hydrogen-bond acceptors (Lipinski definition) is 5. The summed E-state index contributed by atoms with van der Waals surface area (Å²) in [7, 11) is 2.07. The van der Waals surface area contributed by atoms with E-state index in [9.17, 15) is 4.79 Å². The van der Waals surface area contributed by atoms with Gasteiger partial charge in [-0.25, -0.2) is 9.67 Å². The zero-order valence-corrected chi connectivity index (χ0v) is 17.4. The zero-order chi connectivity index (χ0) is 20.5. The molecule has 1 aliphatic heterocycles. The summed E-state index contributed by atoms with van der Waals surface area (Å²) in [5.41, 5.74) is 4.72. The van der Waals surface area contributed by atoms with Crippen molar-refractivity contribution < 1.29 is 4.79 Å². The molecule has 0 spiro atoms. The van der Waals surface area contributed by atoms with Gasteiger partial charge >= 0.3 is 0 Å². The van der Waals surface area contributed by atoms with Crippen molar-refractivity contribution in [1.29, 1.82) is 0 Å². The topological polar surface area (TPSA) is 54.3 Å². The van der Waals surface area contributed by atoms with E-state index in [1.54, 1.807) is 6.20 Å². The number of anilines is 1. The average Bonchev–Trinajstić information content (AvgIpc) is 3.43. The van der Waals surface area contributed by atoms with Crippen LogP contribution in [0.15, 0.2) is 72.4 Å². The molecule has 7 heteroatoms. The van der Waals surface area contributed by atoms with Gasteiger partial charge in [0.05, 0.1) is 11.9 Å². The van der Waals surface area contributed by atoms with Crippen LogP contribution in [0.3, 0.4) is 0 Å². The molecule has 2 aromatic carbocycles. The van der Waals surface area contributed by atoms with E-state index < -0.39 is 0 Å². The lowest BCUT2D eigenvalue weighted by molar-refractivity contribution is 0.0746. The lowest BCUT2D eigenvalue weighted by atomic mass is 10.1. The number of carbonyl (C=O) groups is 1. The summed E-state index contributed by atoms with van der Waals surface area (Å²) in [6.45, 7) is 2.06. The van der Waals surface area contributed by atoms with Crippen molar-refractivity contribution in [3.8, 4) is 16.3 Å². The Kier molecular flexibility index (Phi) is 4.80. The fourth-order valence-corrected chi connectivity index (χ4v) is 4.46. The van der Waals surface area contributed by atoms with E-state index in [1.807, 2.05) is 63.6 Å². The SMILES string of the molecule is CN1CCN(C(=O)c2csc(-c3cnn(-c4ccccc4)c3)n2)Cc2ccccc21. The third-order valence-corrected chi connectivity index (χ3v) is 6.22. The number of thiazole rings is 1. The molecule has 1 amide bonds. The van der Waals surface area contributed by atoms with Gasteiger partial charge in [0.1, 0.15) is 10.7 Å². The summed E-state index contributed by atoms with van der Waals surface area (Å²) in [5.74, 6) is -0.0296. The second-order valence-corrected chi connectivity index (χ2v) is 8.18. The largest absolute Gasteiger partial charge is 0.373 e. The van der Waals surface area contributed by atoms with Gasteiger partial charge < -0.3 is 9.80 Å². The first-order chi connectivity index (χ1) is 14.7. The van der Waals surface area contributed by atoms with E-state index in [4.69, 9.17) is 0 Å². The fourth-order valence-electron chi connectivity index (χ4n) is 3.69. The maximum atomic E-state index is 13.2. The predicted octanol–water partition coefficient (Wildman–Crippen LogP) is 4.09. The number of fused-ring (bicyclic) bond motifs is 1. The standard InChI is InChI=1S/C23H21N5OS/c1-26-11-12-27(14-17-7-5-6-10-21(17)26)23(29)20-16-30-22(25-20)18-13-24-28(15-18)19-8-3-2-4-9-19/h2-10,13,15-16H,11-12,14H2,1H3. The predicted molar refractivity (Wildman–Crippen MR) is 119 cm³/mol. The van der Waals surface area contributed by atoms with Gasteiger partial charge in [-0.3, -0.25) is 4.79 Å². The second kappa shape index (κ2) is 7.76. The van der Waals surface area contributed by atoms with Crippen molar-refractivity contribution in [2.75, 3.05) is 25.0 Å². The van der Waals surface area contributed by atoms with Gasteiger partial charge in [-0.15, -0.1) is 11.3 Å². The number of benzene rings is 2. The molecule has 0 saturated carbocycles. The number of aromatic nitrogens is 3. The molecule has 0 N–H and O–H groups in total. The van der Waals surface area contributed by atoms with Crippen LogP contribution in [0.2, 0.25) is 0 Å². The van der Waals surface area contributed by atoms with Gasteiger partial charge in [0.2, 0.25) is 0 Å². The van der Waals surface area contributed by atoms with Gasteiger partial charge in [-0.2, -0.15) is 5.10 Å². The Morgan fingerprint density at radius 3 is 2.70 bits per heavy atom. The van der Waals surface area contributed by atoms with Crippen LogP contribution in [-0.4, -0.2) is 45.7 Å². The molecule has 2 aromatic heterocycles. The van der Waals surface area contributed by atoms with Gasteiger partial charge in [-0.05, 0) is 23.8 Å². The van der Waals surface area contributed by atoms with E-state index in [2.05, 4.69) is 34.2 Å². The highest BCUT2D eigenvalue weighted by Crippen LogP contribution is 2.27. The molecule has 150 valence electrons. The molecule has 3 heterocycles. The first-order valence-corrected chi connectivity index (χ1v) is 10.7. The molecule has 0 radical (unpaired) electrons. The Hall–Kier alpha value is -3.45. The molecular formula is C23H21N5OS. The lowest BCUT2D eigenvalue weighted by Gasteiger charge is -2.20. The van der Waals surface area contributed by atoms with Crippen molar-refractivity contribution in [2.24, 2.45) is 0 Å². The van der Waals surface area contributed by atoms with Crippen LogP contribution in [0.1, 0.15) is 16.1 Å². The van der Waals surface area contributed by atoms with E-state index in [-0.39, 0.29) is 5.91 Å². The number of hydrogen-bond donors (Lipinski definition) is 0. The van der Waals surface area contributed by atoms with Gasteiger partial charge in [0, 0.05) is 49.5 Å². The number of para-hydroxylation sites is 2. The fraction of sp³-hybridized carbons (Fsp3) is 0.174. The second-order valence-electron chi connectivity index (χ2n) is 7.32. The minimum atomic E-state index is -0.0296. The lowest BCUT2D eigenvalue weighted by Crippen LogP contribution is -2.34. The minimum Gasteiger partial charge on any atom is -0.373 e. The van der Waals surface area contributed by atoms with Gasteiger partial charge in [0.25, 0.3) is 5.91 Å². The Labute approximate surface area is 179 Å². The zero-order valence-electron chi connectivity index (χ0n) is 16.6. The van der Waals surface area contributed by atoms with Crippen LogP contribution >= 0.6 is 11.3 Å². The molecule has 0 bridgehead atoms. The maximum absolute atomic E-state index is 13.2. The third kappa shape index (κ3) is 3.48. The van der Waals surface area contributed by atoms with Gasteiger partial charge in [-0.1, -0.05) is 36.4 Å². The average molecular weight is 416 g/mol. The van der Waals surface area contributed by atoms with Crippen LogP contribution in [0, 0.1) is 0 Å². The van der Waals surface area contributed by atoms with Crippen molar-refractivity contribution >= 4 is 22.9 Å². The normalized spacial score (nSPS) is 13.8. The van der Waals surface area contributed by atoms with Crippen LogP contribution in [-0.2, 0) is 6.54 Å². The highest BCUT2D eigenvalue weighted by molar-refractivity contribution is 7.13. The number of rotatable bonds is 3. The van der Waals surface area contributed by atoms with E-state index in [0.29, 0.717) is 18.8 Å². The highest BCUT2D eigenvalue weighted by Gasteiger charge is 2.24. The van der Waals surface area contributed by atoms with Crippen molar-refractivity contribution in [3.05, 3.63) is 83.6 Å². The highest BCUT2D eigenvalue weighted by atomic mass is 32.1. The Morgan fingerprint density at radius 2 is 1.83 bits per heavy atom. The number of carbonyl (C=O) groups excluding carboxylic acids is 1. The van der Waals surface area contributed by atoms with Crippen LogP contribution in [0.25, 0.3) is 16.3 Å². The molecule has 6 nitrogen and oxygen atoms in total. The number of nitrogens with zero attached hydrogens (tertiary/aromatic N) is 5. The first-order valence-electron chi connectivity index (χ1n) is 9.83. The van der Waals surface area contributed by atoms with Crippen molar-refractivity contribution in [1.82, 2.24) is 19.7 Å². The monoisotopic (exact) mass is 415 g/mol. The first kappa shape index (κ1) is 18.6. The van der Waals surface area contributed by atoms with Crippen LogP contribution in [0.4, 0.5) is 5.69 Å². The number of amides is 1. The molecular weight excluding hydrogens is 394 g/mol. The van der Waals surface area contributed by atoms with Crippen molar-refractivity contribution in [2.45, 2.75) is 6.54 Å². The maximum Gasteiger partial charge on any atom is 0.273 e. The molecule has 0 unspecified atom stereocenters.